The van der Waals surface area contributed by atoms with Gasteiger partial charge in [-0.05, 0) is 35.8 Å². The van der Waals surface area contributed by atoms with E-state index in [2.05, 4.69) is 19.2 Å². The third-order valence-corrected chi connectivity index (χ3v) is 4.84. The summed E-state index contributed by atoms with van der Waals surface area (Å²) < 4.78 is 13.4. The van der Waals surface area contributed by atoms with Crippen molar-refractivity contribution >= 4 is 17.7 Å². The number of piperazine rings is 1. The number of hydrogen-bond acceptors (Lipinski definition) is 3. The molecule has 1 aliphatic rings. The number of hydrogen-bond donors (Lipinski definition) is 1. The molecule has 1 fully saturated rings. The molecule has 1 atom stereocenters. The van der Waals surface area contributed by atoms with E-state index in [9.17, 15) is 9.18 Å². The average Bonchev–Trinajstić information content (AvgIpc) is 2.51. The molecule has 0 aliphatic carbocycles. The van der Waals surface area contributed by atoms with Crippen LogP contribution < -0.4 is 5.32 Å². The predicted octanol–water partition coefficient (Wildman–Crippen LogP) is 3.08. The van der Waals surface area contributed by atoms with Crippen LogP contribution in [0.4, 0.5) is 4.39 Å². The molecule has 0 aromatic heterocycles. The quantitative estimate of drug-likeness (QED) is 0.816. The van der Waals surface area contributed by atoms with E-state index in [1.165, 1.54) is 12.1 Å². The van der Waals surface area contributed by atoms with Gasteiger partial charge >= 0.3 is 0 Å². The van der Waals surface area contributed by atoms with E-state index in [1.807, 2.05) is 11.0 Å². The van der Waals surface area contributed by atoms with E-state index in [4.69, 9.17) is 0 Å². The number of carbonyl (C=O) groups is 1. The van der Waals surface area contributed by atoms with Gasteiger partial charge in [0, 0.05) is 19.6 Å². The summed E-state index contributed by atoms with van der Waals surface area (Å²) in [6.07, 6.45) is 1.13. The van der Waals surface area contributed by atoms with Crippen molar-refractivity contribution in [3.05, 3.63) is 35.6 Å². The molecule has 122 valence electrons. The maximum absolute atomic E-state index is 13.4. The predicted molar refractivity (Wildman–Crippen MR) is 90.5 cm³/mol. The van der Waals surface area contributed by atoms with Crippen LogP contribution in [0.15, 0.2) is 24.3 Å². The Morgan fingerprint density at radius 2 is 2.32 bits per heavy atom. The minimum atomic E-state index is -0.248. The number of nitrogens with one attached hydrogen (secondary N) is 1. The Balaban J connectivity index is 1.95. The van der Waals surface area contributed by atoms with Crippen LogP contribution in [0.5, 0.6) is 0 Å². The lowest BCUT2D eigenvalue weighted by atomic mass is 10.0. The topological polar surface area (TPSA) is 32.3 Å². The smallest absolute Gasteiger partial charge is 0.233 e. The molecule has 1 heterocycles. The zero-order valence-corrected chi connectivity index (χ0v) is 14.2. The van der Waals surface area contributed by atoms with Gasteiger partial charge in [-0.3, -0.25) is 4.79 Å². The monoisotopic (exact) mass is 324 g/mol. The average molecular weight is 324 g/mol. The van der Waals surface area contributed by atoms with Crippen LogP contribution in [-0.4, -0.2) is 41.9 Å². The molecular weight excluding hydrogens is 299 g/mol. The first-order chi connectivity index (χ1) is 10.6. The number of nitrogens with zero attached hydrogens (tertiary/aromatic N) is 1. The highest BCUT2D eigenvalue weighted by atomic mass is 32.2. The number of rotatable bonds is 6. The Morgan fingerprint density at radius 1 is 1.50 bits per heavy atom. The Kier molecular flexibility index (Phi) is 6.70. The van der Waals surface area contributed by atoms with Gasteiger partial charge in [0.25, 0.3) is 0 Å². The molecule has 1 unspecified atom stereocenters. The highest BCUT2D eigenvalue weighted by Crippen LogP contribution is 2.24. The van der Waals surface area contributed by atoms with Crippen molar-refractivity contribution in [3.8, 4) is 0 Å². The van der Waals surface area contributed by atoms with Gasteiger partial charge in [-0.1, -0.05) is 26.0 Å². The first kappa shape index (κ1) is 17.3. The largest absolute Gasteiger partial charge is 0.332 e. The van der Waals surface area contributed by atoms with Crippen molar-refractivity contribution in [2.75, 3.05) is 31.1 Å². The van der Waals surface area contributed by atoms with Crippen molar-refractivity contribution in [1.29, 1.82) is 0 Å². The van der Waals surface area contributed by atoms with Crippen molar-refractivity contribution in [1.82, 2.24) is 10.2 Å². The zero-order valence-electron chi connectivity index (χ0n) is 13.3. The Labute approximate surface area is 136 Å². The van der Waals surface area contributed by atoms with Gasteiger partial charge in [-0.15, -0.1) is 0 Å². The van der Waals surface area contributed by atoms with E-state index < -0.39 is 0 Å². The van der Waals surface area contributed by atoms with E-state index >= 15 is 0 Å². The highest BCUT2D eigenvalue weighted by Gasteiger charge is 2.27. The second-order valence-electron chi connectivity index (χ2n) is 6.10. The summed E-state index contributed by atoms with van der Waals surface area (Å²) in [6.45, 7) is 6.56. The second-order valence-corrected chi connectivity index (χ2v) is 7.20. The molecule has 1 N–H and O–H groups in total. The number of amides is 1. The molecule has 5 heteroatoms. The van der Waals surface area contributed by atoms with Crippen LogP contribution in [0.1, 0.15) is 31.9 Å². The summed E-state index contributed by atoms with van der Waals surface area (Å²) in [6, 6.07) is 6.51. The molecule has 1 aromatic rings. The molecule has 1 aliphatic heterocycles. The third-order valence-electron chi connectivity index (χ3n) is 3.86. The van der Waals surface area contributed by atoms with Crippen LogP contribution in [-0.2, 0) is 4.79 Å². The van der Waals surface area contributed by atoms with Gasteiger partial charge in [0.15, 0.2) is 0 Å². The molecule has 1 amide bonds. The number of thioether (sulfide) groups is 1. The molecular formula is C17H25FN2OS. The molecule has 2 rings (SSSR count). The van der Waals surface area contributed by atoms with Gasteiger partial charge in [-0.2, -0.15) is 11.8 Å². The first-order valence-corrected chi connectivity index (χ1v) is 9.07. The first-order valence-electron chi connectivity index (χ1n) is 7.91. The number of benzene rings is 1. The summed E-state index contributed by atoms with van der Waals surface area (Å²) >= 11 is 1.70. The fourth-order valence-electron chi connectivity index (χ4n) is 2.58. The lowest BCUT2D eigenvalue weighted by molar-refractivity contribution is -0.131. The molecule has 0 saturated carbocycles. The number of halogens is 1. The summed E-state index contributed by atoms with van der Waals surface area (Å²) in [5.74, 6) is 2.10. The third kappa shape index (κ3) is 4.99. The van der Waals surface area contributed by atoms with Crippen LogP contribution in [0, 0.1) is 11.7 Å². The highest BCUT2D eigenvalue weighted by molar-refractivity contribution is 7.99. The molecule has 0 spiro atoms. The standard InChI is InChI=1S/C17H25FN2OS/c1-13(2)6-9-22-12-17(21)20-8-7-19-11-16(20)14-4-3-5-15(18)10-14/h3-5,10,13,16,19H,6-9,11-12H2,1-2H3. The Hall–Kier alpha value is -1.07. The van der Waals surface area contributed by atoms with Gasteiger partial charge in [0.2, 0.25) is 5.91 Å². The van der Waals surface area contributed by atoms with Crippen LogP contribution in [0.3, 0.4) is 0 Å². The zero-order chi connectivity index (χ0) is 15.9. The van der Waals surface area contributed by atoms with Crippen molar-refractivity contribution in [3.63, 3.8) is 0 Å². The van der Waals surface area contributed by atoms with E-state index in [-0.39, 0.29) is 17.8 Å². The van der Waals surface area contributed by atoms with Gasteiger partial charge in [0.1, 0.15) is 5.82 Å². The Bertz CT molecular complexity index is 495. The van der Waals surface area contributed by atoms with E-state index in [0.717, 1.165) is 24.3 Å². The summed E-state index contributed by atoms with van der Waals surface area (Å²) in [4.78, 5) is 14.4. The maximum atomic E-state index is 13.4. The van der Waals surface area contributed by atoms with Gasteiger partial charge < -0.3 is 10.2 Å². The molecule has 1 aromatic carbocycles. The molecule has 3 nitrogen and oxygen atoms in total. The molecule has 1 saturated heterocycles. The van der Waals surface area contributed by atoms with Crippen molar-refractivity contribution in [2.24, 2.45) is 5.92 Å². The summed E-state index contributed by atoms with van der Waals surface area (Å²) in [5, 5.41) is 3.30. The lowest BCUT2D eigenvalue weighted by Crippen LogP contribution is -2.49. The summed E-state index contributed by atoms with van der Waals surface area (Å²) in [7, 11) is 0. The van der Waals surface area contributed by atoms with Crippen LogP contribution >= 0.6 is 11.8 Å². The lowest BCUT2D eigenvalue weighted by Gasteiger charge is -2.36. The van der Waals surface area contributed by atoms with Crippen molar-refractivity contribution in [2.45, 2.75) is 26.3 Å². The SMILES string of the molecule is CC(C)CCSCC(=O)N1CCNCC1c1cccc(F)c1. The normalized spacial score (nSPS) is 18.7. The minimum Gasteiger partial charge on any atom is -0.332 e. The molecule has 0 radical (unpaired) electrons. The number of carbonyl (C=O) groups excluding carboxylic acids is 1. The van der Waals surface area contributed by atoms with Crippen LogP contribution in [0.2, 0.25) is 0 Å². The van der Waals surface area contributed by atoms with Gasteiger partial charge in [-0.25, -0.2) is 4.39 Å². The molecule has 0 bridgehead atoms. The van der Waals surface area contributed by atoms with Crippen LogP contribution in [0.25, 0.3) is 0 Å². The van der Waals surface area contributed by atoms with E-state index in [1.54, 1.807) is 17.8 Å². The maximum Gasteiger partial charge on any atom is 0.233 e. The van der Waals surface area contributed by atoms with Crippen molar-refractivity contribution < 1.29 is 9.18 Å². The minimum absolute atomic E-state index is 0.0670. The second kappa shape index (κ2) is 8.53. The Morgan fingerprint density at radius 3 is 3.05 bits per heavy atom. The fourth-order valence-corrected chi connectivity index (χ4v) is 3.70. The fraction of sp³-hybridized carbons (Fsp3) is 0.588. The summed E-state index contributed by atoms with van der Waals surface area (Å²) in [5.41, 5.74) is 0.868. The molecule has 22 heavy (non-hydrogen) atoms. The van der Waals surface area contributed by atoms with Gasteiger partial charge in [0.05, 0.1) is 11.8 Å². The van der Waals surface area contributed by atoms with E-state index in [0.29, 0.717) is 24.8 Å².